The highest BCUT2D eigenvalue weighted by Crippen LogP contribution is 2.38. The lowest BCUT2D eigenvalue weighted by atomic mass is 9.78. The lowest BCUT2D eigenvalue weighted by Gasteiger charge is -2.27. The molecule has 0 amide bonds. The summed E-state index contributed by atoms with van der Waals surface area (Å²) in [5.41, 5.74) is 4.30. The van der Waals surface area contributed by atoms with Gasteiger partial charge >= 0.3 is 0 Å². The van der Waals surface area contributed by atoms with Crippen LogP contribution in [-0.4, -0.2) is 6.61 Å². The van der Waals surface area contributed by atoms with Gasteiger partial charge in [0.05, 0.1) is 6.61 Å². The maximum Gasteiger partial charge on any atom is 0.201 e. The number of halogens is 2. The van der Waals surface area contributed by atoms with Crippen LogP contribution in [0.25, 0.3) is 5.57 Å². The summed E-state index contributed by atoms with van der Waals surface area (Å²) in [5.74, 6) is 0.409. The number of hydrogen-bond acceptors (Lipinski definition) is 1. The van der Waals surface area contributed by atoms with Gasteiger partial charge in [0.1, 0.15) is 0 Å². The number of hydrogen-bond donors (Lipinski definition) is 0. The van der Waals surface area contributed by atoms with E-state index in [2.05, 4.69) is 49.4 Å². The SMILES string of the molecule is CCCc1ccc(C2CCC(C=CCCC3CC=C(c4ccc(OCC)c(F)c4F)CC3)CC2)cc1. The van der Waals surface area contributed by atoms with Gasteiger partial charge in [0.25, 0.3) is 0 Å². The van der Waals surface area contributed by atoms with Crippen molar-refractivity contribution in [1.82, 2.24) is 0 Å². The molecule has 1 unspecified atom stereocenters. The zero-order valence-corrected chi connectivity index (χ0v) is 22.1. The first kappa shape index (κ1) is 26.6. The summed E-state index contributed by atoms with van der Waals surface area (Å²) in [6, 6.07) is 12.6. The fourth-order valence-electron chi connectivity index (χ4n) is 5.95. The average molecular weight is 493 g/mol. The van der Waals surface area contributed by atoms with Gasteiger partial charge in [0.2, 0.25) is 5.82 Å². The molecule has 4 rings (SSSR count). The Bertz CT molecular complexity index is 1030. The lowest BCUT2D eigenvalue weighted by molar-refractivity contribution is 0.314. The first-order valence-corrected chi connectivity index (χ1v) is 14.1. The van der Waals surface area contributed by atoms with E-state index in [1.807, 2.05) is 0 Å². The van der Waals surface area contributed by atoms with Crippen LogP contribution >= 0.6 is 0 Å². The Morgan fingerprint density at radius 3 is 2.36 bits per heavy atom. The monoisotopic (exact) mass is 492 g/mol. The summed E-state index contributed by atoms with van der Waals surface area (Å²) in [4.78, 5) is 0. The zero-order valence-electron chi connectivity index (χ0n) is 22.1. The Hall–Kier alpha value is -2.42. The Morgan fingerprint density at radius 2 is 1.69 bits per heavy atom. The van der Waals surface area contributed by atoms with Crippen LogP contribution in [0.5, 0.6) is 5.75 Å². The van der Waals surface area contributed by atoms with Gasteiger partial charge in [-0.25, -0.2) is 4.39 Å². The van der Waals surface area contributed by atoms with Gasteiger partial charge in [-0.1, -0.05) is 55.8 Å². The molecule has 194 valence electrons. The molecule has 1 nitrogen and oxygen atoms in total. The fraction of sp³-hybridized carbons (Fsp3) is 0.515. The van der Waals surface area contributed by atoms with Crippen LogP contribution in [0.1, 0.15) is 101 Å². The highest BCUT2D eigenvalue weighted by atomic mass is 19.2. The van der Waals surface area contributed by atoms with Gasteiger partial charge in [-0.05, 0) is 118 Å². The first-order chi connectivity index (χ1) is 17.6. The second-order valence-electron chi connectivity index (χ2n) is 10.7. The van der Waals surface area contributed by atoms with Crippen molar-refractivity contribution >= 4 is 5.57 Å². The summed E-state index contributed by atoms with van der Waals surface area (Å²) in [5, 5.41) is 0. The molecule has 3 heteroatoms. The van der Waals surface area contributed by atoms with E-state index in [0.29, 0.717) is 18.1 Å². The number of aryl methyl sites for hydroxylation is 1. The Morgan fingerprint density at radius 1 is 0.917 bits per heavy atom. The van der Waals surface area contributed by atoms with E-state index >= 15 is 0 Å². The zero-order chi connectivity index (χ0) is 25.3. The van der Waals surface area contributed by atoms with Crippen LogP contribution in [0.15, 0.2) is 54.6 Å². The maximum absolute atomic E-state index is 14.6. The largest absolute Gasteiger partial charge is 0.491 e. The van der Waals surface area contributed by atoms with Crippen molar-refractivity contribution in [2.24, 2.45) is 11.8 Å². The highest BCUT2D eigenvalue weighted by Gasteiger charge is 2.22. The molecule has 0 aromatic heterocycles. The quantitative estimate of drug-likeness (QED) is 0.300. The minimum Gasteiger partial charge on any atom is -0.491 e. The summed E-state index contributed by atoms with van der Waals surface area (Å²) in [7, 11) is 0. The topological polar surface area (TPSA) is 9.23 Å². The molecule has 1 atom stereocenters. The van der Waals surface area contributed by atoms with Crippen LogP contribution < -0.4 is 4.74 Å². The van der Waals surface area contributed by atoms with Crippen molar-refractivity contribution in [2.75, 3.05) is 6.61 Å². The summed E-state index contributed by atoms with van der Waals surface area (Å²) < 4.78 is 34.0. The molecule has 0 heterocycles. The standard InChI is InChI=1S/C33H42F2O/c1-3-7-24-10-16-27(17-11-24)28-18-12-25(13-19-28)8-5-6-9-26-14-20-29(21-15-26)30-22-23-31(36-4-2)33(35)32(30)34/h5,8,10-11,16-17,20,22-23,25-26,28H,3-4,6-7,9,12-15,18-19,21H2,1-2H3. The molecule has 1 saturated carbocycles. The summed E-state index contributed by atoms with van der Waals surface area (Å²) >= 11 is 0. The third-order valence-electron chi connectivity index (χ3n) is 8.12. The van der Waals surface area contributed by atoms with Crippen molar-refractivity contribution in [2.45, 2.75) is 90.4 Å². The van der Waals surface area contributed by atoms with E-state index in [-0.39, 0.29) is 5.75 Å². The van der Waals surface area contributed by atoms with Crippen molar-refractivity contribution in [3.63, 3.8) is 0 Å². The fourth-order valence-corrected chi connectivity index (χ4v) is 5.95. The van der Waals surface area contributed by atoms with Gasteiger partial charge in [-0.2, -0.15) is 4.39 Å². The molecular formula is C33H42F2O. The van der Waals surface area contributed by atoms with E-state index in [4.69, 9.17) is 4.74 Å². The minimum atomic E-state index is -0.874. The summed E-state index contributed by atoms with van der Waals surface area (Å²) in [6.45, 7) is 4.33. The smallest absolute Gasteiger partial charge is 0.201 e. The summed E-state index contributed by atoms with van der Waals surface area (Å²) in [6.07, 6.45) is 19.6. The van der Waals surface area contributed by atoms with Gasteiger partial charge in [0.15, 0.2) is 11.6 Å². The third kappa shape index (κ3) is 6.87. The highest BCUT2D eigenvalue weighted by molar-refractivity contribution is 5.67. The molecule has 0 radical (unpaired) electrons. The molecule has 2 aliphatic rings. The Kier molecular flexibility index (Phi) is 9.78. The van der Waals surface area contributed by atoms with Crippen LogP contribution in [-0.2, 0) is 6.42 Å². The average Bonchev–Trinajstić information content (AvgIpc) is 2.91. The predicted octanol–water partition coefficient (Wildman–Crippen LogP) is 9.81. The van der Waals surface area contributed by atoms with E-state index in [0.717, 1.165) is 43.1 Å². The molecule has 0 N–H and O–H groups in total. The van der Waals surface area contributed by atoms with Crippen LogP contribution in [0.4, 0.5) is 8.78 Å². The Balaban J connectivity index is 1.19. The number of ether oxygens (including phenoxy) is 1. The maximum atomic E-state index is 14.6. The van der Waals surface area contributed by atoms with Crippen molar-refractivity contribution in [1.29, 1.82) is 0 Å². The van der Waals surface area contributed by atoms with E-state index in [1.165, 1.54) is 56.1 Å². The Labute approximate surface area is 216 Å². The molecule has 0 aliphatic heterocycles. The number of benzene rings is 2. The van der Waals surface area contributed by atoms with E-state index in [1.54, 1.807) is 19.1 Å². The lowest BCUT2D eigenvalue weighted by Crippen LogP contribution is -2.11. The molecule has 1 fully saturated rings. The molecule has 2 aromatic carbocycles. The molecular weight excluding hydrogens is 450 g/mol. The molecule has 2 aromatic rings. The third-order valence-corrected chi connectivity index (χ3v) is 8.12. The minimum absolute atomic E-state index is 0.00521. The van der Waals surface area contributed by atoms with Crippen LogP contribution in [0, 0.1) is 23.5 Å². The molecule has 0 spiro atoms. The molecule has 36 heavy (non-hydrogen) atoms. The number of allylic oxidation sites excluding steroid dienone is 4. The van der Waals surface area contributed by atoms with Crippen molar-refractivity contribution in [3.8, 4) is 5.75 Å². The van der Waals surface area contributed by atoms with Crippen molar-refractivity contribution < 1.29 is 13.5 Å². The van der Waals surface area contributed by atoms with Gasteiger partial charge < -0.3 is 4.74 Å². The van der Waals surface area contributed by atoms with E-state index in [9.17, 15) is 8.78 Å². The normalized spacial score (nSPS) is 22.6. The number of rotatable bonds is 10. The van der Waals surface area contributed by atoms with Gasteiger partial charge in [-0.15, -0.1) is 0 Å². The van der Waals surface area contributed by atoms with Gasteiger partial charge in [-0.3, -0.25) is 0 Å². The van der Waals surface area contributed by atoms with E-state index < -0.39 is 11.6 Å². The molecule has 2 aliphatic carbocycles. The second kappa shape index (κ2) is 13.2. The van der Waals surface area contributed by atoms with Crippen molar-refractivity contribution in [3.05, 3.63) is 83.0 Å². The molecule has 0 bridgehead atoms. The molecule has 0 saturated heterocycles. The van der Waals surface area contributed by atoms with Crippen LogP contribution in [0.3, 0.4) is 0 Å². The predicted molar refractivity (Wildman–Crippen MR) is 146 cm³/mol. The first-order valence-electron chi connectivity index (χ1n) is 14.1. The second-order valence-corrected chi connectivity index (χ2v) is 10.7. The van der Waals surface area contributed by atoms with Crippen LogP contribution in [0.2, 0.25) is 0 Å². The van der Waals surface area contributed by atoms with Gasteiger partial charge in [0, 0.05) is 5.56 Å².